The molecule has 0 saturated carbocycles. The zero-order valence-corrected chi connectivity index (χ0v) is 12.9. The van der Waals surface area contributed by atoms with Gasteiger partial charge in [0.15, 0.2) is 0 Å². The van der Waals surface area contributed by atoms with E-state index in [1.807, 2.05) is 18.2 Å². The second-order valence-electron chi connectivity index (χ2n) is 5.43. The van der Waals surface area contributed by atoms with Crippen LogP contribution in [-0.2, 0) is 0 Å². The fourth-order valence-corrected chi connectivity index (χ4v) is 2.71. The Labute approximate surface area is 127 Å². The van der Waals surface area contributed by atoms with Crippen LogP contribution in [0.15, 0.2) is 54.6 Å². The maximum atomic E-state index is 13.1. The number of hydrogen-bond acceptors (Lipinski definition) is 1. The summed E-state index contributed by atoms with van der Waals surface area (Å²) in [7, 11) is 0. The number of halogens is 1. The number of benzene rings is 2. The normalized spacial score (nSPS) is 13.9. The summed E-state index contributed by atoms with van der Waals surface area (Å²) in [5.41, 5.74) is 2.47. The van der Waals surface area contributed by atoms with Gasteiger partial charge in [-0.1, -0.05) is 62.7 Å². The first-order valence-electron chi connectivity index (χ1n) is 7.81. The van der Waals surface area contributed by atoms with E-state index in [0.29, 0.717) is 6.04 Å². The molecule has 0 spiro atoms. The Morgan fingerprint density at radius 3 is 2.05 bits per heavy atom. The van der Waals surface area contributed by atoms with Crippen molar-refractivity contribution in [1.82, 2.24) is 5.32 Å². The molecule has 0 radical (unpaired) electrons. The summed E-state index contributed by atoms with van der Waals surface area (Å²) >= 11 is 0. The zero-order valence-electron chi connectivity index (χ0n) is 12.9. The van der Waals surface area contributed by atoms with E-state index in [1.54, 1.807) is 0 Å². The van der Waals surface area contributed by atoms with Crippen molar-refractivity contribution in [2.24, 2.45) is 0 Å². The fraction of sp³-hybridized carbons (Fsp3) is 0.368. The van der Waals surface area contributed by atoms with E-state index in [2.05, 4.69) is 43.4 Å². The minimum Gasteiger partial charge on any atom is -0.303 e. The third-order valence-corrected chi connectivity index (χ3v) is 3.86. The van der Waals surface area contributed by atoms with Crippen LogP contribution in [0.3, 0.4) is 0 Å². The molecule has 0 bridgehead atoms. The first kappa shape index (κ1) is 15.7. The molecule has 0 aliphatic carbocycles. The van der Waals surface area contributed by atoms with Crippen LogP contribution in [0.4, 0.5) is 4.39 Å². The minimum atomic E-state index is -0.179. The summed E-state index contributed by atoms with van der Waals surface area (Å²) in [5.74, 6) is -0.179. The number of nitrogens with one attached hydrogen (secondary N) is 1. The molecule has 0 heterocycles. The van der Waals surface area contributed by atoms with E-state index in [-0.39, 0.29) is 11.9 Å². The van der Waals surface area contributed by atoms with Crippen molar-refractivity contribution in [2.45, 2.75) is 45.2 Å². The molecule has 2 unspecified atom stereocenters. The first-order chi connectivity index (χ1) is 10.2. The van der Waals surface area contributed by atoms with Gasteiger partial charge in [0.05, 0.1) is 0 Å². The van der Waals surface area contributed by atoms with Crippen molar-refractivity contribution >= 4 is 0 Å². The van der Waals surface area contributed by atoms with Crippen molar-refractivity contribution in [3.05, 3.63) is 71.5 Å². The van der Waals surface area contributed by atoms with Crippen LogP contribution in [0.2, 0.25) is 0 Å². The van der Waals surface area contributed by atoms with Crippen LogP contribution in [0, 0.1) is 5.82 Å². The van der Waals surface area contributed by atoms with Gasteiger partial charge < -0.3 is 5.32 Å². The van der Waals surface area contributed by atoms with Gasteiger partial charge in [0.1, 0.15) is 5.82 Å². The third kappa shape index (κ3) is 4.40. The summed E-state index contributed by atoms with van der Waals surface area (Å²) in [6.07, 6.45) is 3.22. The summed E-state index contributed by atoms with van der Waals surface area (Å²) < 4.78 is 13.1. The van der Waals surface area contributed by atoms with Crippen LogP contribution < -0.4 is 5.32 Å². The lowest BCUT2D eigenvalue weighted by Gasteiger charge is -2.26. The Hall–Kier alpha value is -1.67. The average molecular weight is 285 g/mol. The molecule has 21 heavy (non-hydrogen) atoms. The third-order valence-electron chi connectivity index (χ3n) is 3.86. The topological polar surface area (TPSA) is 12.0 Å². The van der Waals surface area contributed by atoms with E-state index in [9.17, 15) is 4.39 Å². The van der Waals surface area contributed by atoms with Gasteiger partial charge in [-0.2, -0.15) is 0 Å². The lowest BCUT2D eigenvalue weighted by Crippen LogP contribution is -2.26. The quantitative estimate of drug-likeness (QED) is 0.717. The second kappa shape index (κ2) is 7.94. The maximum Gasteiger partial charge on any atom is 0.123 e. The van der Waals surface area contributed by atoms with Crippen molar-refractivity contribution in [2.75, 3.05) is 0 Å². The maximum absolute atomic E-state index is 13.1. The van der Waals surface area contributed by atoms with E-state index >= 15 is 0 Å². The summed E-state index contributed by atoms with van der Waals surface area (Å²) in [6, 6.07) is 18.0. The van der Waals surface area contributed by atoms with Gasteiger partial charge >= 0.3 is 0 Å². The highest BCUT2D eigenvalue weighted by molar-refractivity contribution is 5.23. The molecular formula is C19H24FN. The van der Waals surface area contributed by atoms with Crippen LogP contribution in [0.5, 0.6) is 0 Å². The molecule has 112 valence electrons. The van der Waals surface area contributed by atoms with E-state index in [1.165, 1.54) is 17.7 Å². The summed E-state index contributed by atoms with van der Waals surface area (Å²) in [4.78, 5) is 0. The van der Waals surface area contributed by atoms with Crippen LogP contribution >= 0.6 is 0 Å². The molecule has 2 heteroatoms. The Kier molecular flexibility index (Phi) is 5.94. The number of hydrogen-bond donors (Lipinski definition) is 1. The zero-order chi connectivity index (χ0) is 15.1. The van der Waals surface area contributed by atoms with Crippen molar-refractivity contribution in [1.29, 1.82) is 0 Å². The largest absolute Gasteiger partial charge is 0.303 e. The number of rotatable bonds is 7. The standard InChI is InChI=1S/C19H24FN/c1-3-8-19(15-9-6-5-7-10-15)21-18(4-2)16-11-13-17(20)14-12-16/h5-7,9-14,18-19,21H,3-4,8H2,1-2H3. The smallest absolute Gasteiger partial charge is 0.123 e. The second-order valence-corrected chi connectivity index (χ2v) is 5.43. The summed E-state index contributed by atoms with van der Waals surface area (Å²) in [6.45, 7) is 4.37. The molecule has 1 nitrogen and oxygen atoms in total. The molecule has 0 aliphatic heterocycles. The monoisotopic (exact) mass is 285 g/mol. The van der Waals surface area contributed by atoms with Crippen LogP contribution in [0.1, 0.15) is 56.3 Å². The van der Waals surface area contributed by atoms with Gasteiger partial charge in [0.25, 0.3) is 0 Å². The molecule has 2 rings (SSSR count). The van der Waals surface area contributed by atoms with Gasteiger partial charge in [0.2, 0.25) is 0 Å². The van der Waals surface area contributed by atoms with Gasteiger partial charge in [-0.25, -0.2) is 4.39 Å². The lowest BCUT2D eigenvalue weighted by atomic mass is 9.98. The first-order valence-corrected chi connectivity index (χ1v) is 7.81. The Bertz CT molecular complexity index is 521. The molecule has 2 atom stereocenters. The average Bonchev–Trinajstić information content (AvgIpc) is 2.53. The van der Waals surface area contributed by atoms with Gasteiger partial charge in [-0.15, -0.1) is 0 Å². The minimum absolute atomic E-state index is 0.179. The molecule has 0 aliphatic rings. The van der Waals surface area contributed by atoms with Crippen LogP contribution in [0.25, 0.3) is 0 Å². The van der Waals surface area contributed by atoms with E-state index in [0.717, 1.165) is 24.8 Å². The molecule has 2 aromatic rings. The summed E-state index contributed by atoms with van der Waals surface area (Å²) in [5, 5.41) is 3.73. The molecule has 2 aromatic carbocycles. The Morgan fingerprint density at radius 1 is 0.857 bits per heavy atom. The Morgan fingerprint density at radius 2 is 1.48 bits per heavy atom. The SMILES string of the molecule is CCCC(NC(CC)c1ccc(F)cc1)c1ccccc1. The molecule has 1 N–H and O–H groups in total. The molecule has 0 fully saturated rings. The lowest BCUT2D eigenvalue weighted by molar-refractivity contribution is 0.412. The van der Waals surface area contributed by atoms with Crippen molar-refractivity contribution in [3.8, 4) is 0 Å². The molecule has 0 aromatic heterocycles. The predicted molar refractivity (Wildman–Crippen MR) is 86.7 cm³/mol. The molecular weight excluding hydrogens is 261 g/mol. The van der Waals surface area contributed by atoms with Crippen molar-refractivity contribution in [3.63, 3.8) is 0 Å². The Balaban J connectivity index is 2.15. The van der Waals surface area contributed by atoms with E-state index in [4.69, 9.17) is 0 Å². The molecule has 0 saturated heterocycles. The van der Waals surface area contributed by atoms with Gasteiger partial charge in [-0.3, -0.25) is 0 Å². The van der Waals surface area contributed by atoms with Gasteiger partial charge in [-0.05, 0) is 36.1 Å². The molecule has 0 amide bonds. The van der Waals surface area contributed by atoms with E-state index < -0.39 is 0 Å². The highest BCUT2D eigenvalue weighted by Crippen LogP contribution is 2.25. The van der Waals surface area contributed by atoms with Crippen molar-refractivity contribution < 1.29 is 4.39 Å². The highest BCUT2D eigenvalue weighted by Gasteiger charge is 2.16. The van der Waals surface area contributed by atoms with Gasteiger partial charge in [0, 0.05) is 12.1 Å². The van der Waals surface area contributed by atoms with Crippen LogP contribution in [-0.4, -0.2) is 0 Å². The highest BCUT2D eigenvalue weighted by atomic mass is 19.1. The fourth-order valence-electron chi connectivity index (χ4n) is 2.71. The predicted octanol–water partition coefficient (Wildman–Crippen LogP) is 5.41.